The van der Waals surface area contributed by atoms with E-state index in [2.05, 4.69) is 36.4 Å². The SMILES string of the molecule is CSc1c(C#N)c(C#N)c(SC)c2cc3ccccc3cc12. The Kier molecular flexibility index (Phi) is 3.98. The fourth-order valence-electron chi connectivity index (χ4n) is 2.75. The third kappa shape index (κ3) is 2.13. The van der Waals surface area contributed by atoms with Crippen LogP contribution in [0.2, 0.25) is 0 Å². The van der Waals surface area contributed by atoms with Crippen molar-refractivity contribution in [2.75, 3.05) is 12.5 Å². The van der Waals surface area contributed by atoms with E-state index in [4.69, 9.17) is 0 Å². The van der Waals surface area contributed by atoms with Crippen LogP contribution in [0, 0.1) is 22.7 Å². The van der Waals surface area contributed by atoms with Gasteiger partial charge in [-0.3, -0.25) is 0 Å². The number of nitrogens with zero attached hydrogens (tertiary/aromatic N) is 2. The molecule has 3 aromatic carbocycles. The van der Waals surface area contributed by atoms with Gasteiger partial charge in [-0.2, -0.15) is 10.5 Å². The fraction of sp³-hybridized carbons (Fsp3) is 0.111. The van der Waals surface area contributed by atoms with E-state index in [1.165, 1.54) is 23.5 Å². The molecule has 0 spiro atoms. The molecule has 0 radical (unpaired) electrons. The highest BCUT2D eigenvalue weighted by Gasteiger charge is 2.19. The maximum atomic E-state index is 9.53. The van der Waals surface area contributed by atoms with E-state index in [0.29, 0.717) is 11.1 Å². The molecule has 0 unspecified atom stereocenters. The smallest absolute Gasteiger partial charge is 0.102 e. The Hall–Kier alpha value is -2.14. The summed E-state index contributed by atoms with van der Waals surface area (Å²) < 4.78 is 0. The highest BCUT2D eigenvalue weighted by atomic mass is 32.2. The van der Waals surface area contributed by atoms with E-state index in [0.717, 1.165) is 31.3 Å². The van der Waals surface area contributed by atoms with Gasteiger partial charge in [-0.15, -0.1) is 23.5 Å². The van der Waals surface area contributed by atoms with Crippen LogP contribution in [0.15, 0.2) is 46.2 Å². The molecule has 0 atom stereocenters. The van der Waals surface area contributed by atoms with Crippen molar-refractivity contribution in [3.8, 4) is 12.1 Å². The third-order valence-corrected chi connectivity index (χ3v) is 5.38. The van der Waals surface area contributed by atoms with Crippen LogP contribution in [0.25, 0.3) is 21.5 Å². The van der Waals surface area contributed by atoms with E-state index in [1.807, 2.05) is 24.6 Å². The average molecular weight is 320 g/mol. The zero-order valence-corrected chi connectivity index (χ0v) is 13.8. The standard InChI is InChI=1S/C18H12N2S2/c1-21-17-13-7-11-5-3-4-6-12(11)8-14(13)18(22-2)16(10-20)15(17)9-19/h3-8H,1-2H3. The number of benzene rings is 3. The summed E-state index contributed by atoms with van der Waals surface area (Å²) in [6.45, 7) is 0. The molecule has 0 N–H and O–H groups in total. The van der Waals surface area contributed by atoms with Crippen LogP contribution < -0.4 is 0 Å². The van der Waals surface area contributed by atoms with Gasteiger partial charge in [0.25, 0.3) is 0 Å². The molecule has 0 amide bonds. The summed E-state index contributed by atoms with van der Waals surface area (Å²) in [4.78, 5) is 1.77. The minimum atomic E-state index is 0.488. The molecule has 3 rings (SSSR count). The molecular formula is C18H12N2S2. The van der Waals surface area contributed by atoms with Crippen molar-refractivity contribution in [3.05, 3.63) is 47.5 Å². The number of nitriles is 2. The van der Waals surface area contributed by atoms with E-state index < -0.39 is 0 Å². The van der Waals surface area contributed by atoms with E-state index in [-0.39, 0.29) is 0 Å². The van der Waals surface area contributed by atoms with E-state index in [9.17, 15) is 10.5 Å². The molecule has 0 aliphatic carbocycles. The first-order chi connectivity index (χ1) is 10.7. The molecule has 0 saturated carbocycles. The molecule has 106 valence electrons. The Morgan fingerprint density at radius 3 is 1.50 bits per heavy atom. The monoisotopic (exact) mass is 320 g/mol. The van der Waals surface area contributed by atoms with Gasteiger partial charge in [-0.25, -0.2) is 0 Å². The second kappa shape index (κ2) is 5.93. The Labute approximate surface area is 137 Å². The number of rotatable bonds is 2. The molecule has 0 aromatic heterocycles. The van der Waals surface area contributed by atoms with Gasteiger partial charge in [0.15, 0.2) is 0 Å². The first kappa shape index (κ1) is 14.8. The zero-order chi connectivity index (χ0) is 15.7. The number of hydrogen-bond donors (Lipinski definition) is 0. The van der Waals surface area contributed by atoms with Gasteiger partial charge in [0.2, 0.25) is 0 Å². The van der Waals surface area contributed by atoms with Gasteiger partial charge in [-0.1, -0.05) is 24.3 Å². The maximum absolute atomic E-state index is 9.53. The van der Waals surface area contributed by atoms with Crippen LogP contribution in [0.5, 0.6) is 0 Å². The molecule has 0 saturated heterocycles. The predicted molar refractivity (Wildman–Crippen MR) is 94.4 cm³/mol. The normalized spacial score (nSPS) is 10.5. The molecule has 0 heterocycles. The Morgan fingerprint density at radius 1 is 0.773 bits per heavy atom. The molecule has 4 heteroatoms. The number of thioether (sulfide) groups is 2. The highest BCUT2D eigenvalue weighted by Crippen LogP contribution is 2.41. The van der Waals surface area contributed by atoms with Gasteiger partial charge >= 0.3 is 0 Å². The molecule has 0 bridgehead atoms. The molecule has 2 nitrogen and oxygen atoms in total. The minimum Gasteiger partial charge on any atom is -0.192 e. The summed E-state index contributed by atoms with van der Waals surface area (Å²) in [6.07, 6.45) is 3.90. The van der Waals surface area contributed by atoms with Crippen molar-refractivity contribution in [2.24, 2.45) is 0 Å². The number of fused-ring (bicyclic) bond motifs is 2. The maximum Gasteiger partial charge on any atom is 0.102 e. The third-order valence-electron chi connectivity index (χ3n) is 3.71. The largest absolute Gasteiger partial charge is 0.192 e. The lowest BCUT2D eigenvalue weighted by Gasteiger charge is -2.14. The summed E-state index contributed by atoms with van der Waals surface area (Å²) in [5.74, 6) is 0. The lowest BCUT2D eigenvalue weighted by atomic mass is 9.98. The van der Waals surface area contributed by atoms with Gasteiger partial charge in [0.1, 0.15) is 12.1 Å². The van der Waals surface area contributed by atoms with Crippen LogP contribution in [-0.4, -0.2) is 12.5 Å². The topological polar surface area (TPSA) is 47.6 Å². The quantitative estimate of drug-likeness (QED) is 0.482. The van der Waals surface area contributed by atoms with E-state index in [1.54, 1.807) is 0 Å². The molecule has 22 heavy (non-hydrogen) atoms. The van der Waals surface area contributed by atoms with Crippen molar-refractivity contribution in [1.29, 1.82) is 10.5 Å². The Bertz CT molecular complexity index is 898. The van der Waals surface area contributed by atoms with E-state index >= 15 is 0 Å². The van der Waals surface area contributed by atoms with Crippen molar-refractivity contribution in [2.45, 2.75) is 9.79 Å². The first-order valence-corrected chi connectivity index (χ1v) is 9.10. The summed E-state index contributed by atoms with van der Waals surface area (Å²) in [5, 5.41) is 23.4. The summed E-state index contributed by atoms with van der Waals surface area (Å²) in [6, 6.07) is 16.9. The molecule has 0 aliphatic heterocycles. The second-order valence-electron chi connectivity index (χ2n) is 4.79. The first-order valence-electron chi connectivity index (χ1n) is 6.65. The van der Waals surface area contributed by atoms with Crippen LogP contribution >= 0.6 is 23.5 Å². The van der Waals surface area contributed by atoms with Crippen molar-refractivity contribution >= 4 is 45.1 Å². The lowest BCUT2D eigenvalue weighted by Crippen LogP contribution is -1.94. The van der Waals surface area contributed by atoms with Crippen molar-refractivity contribution in [1.82, 2.24) is 0 Å². The minimum absolute atomic E-state index is 0.488. The Balaban J connectivity index is 2.61. The van der Waals surface area contributed by atoms with Crippen LogP contribution in [0.1, 0.15) is 11.1 Å². The zero-order valence-electron chi connectivity index (χ0n) is 12.2. The van der Waals surface area contributed by atoms with Gasteiger partial charge in [-0.05, 0) is 46.2 Å². The van der Waals surface area contributed by atoms with Crippen molar-refractivity contribution in [3.63, 3.8) is 0 Å². The van der Waals surface area contributed by atoms with Gasteiger partial charge in [0, 0.05) is 9.79 Å². The number of hydrogen-bond acceptors (Lipinski definition) is 4. The van der Waals surface area contributed by atoms with Gasteiger partial charge in [0.05, 0.1) is 11.1 Å². The highest BCUT2D eigenvalue weighted by molar-refractivity contribution is 7.99. The predicted octanol–water partition coefficient (Wildman–Crippen LogP) is 5.18. The van der Waals surface area contributed by atoms with Gasteiger partial charge < -0.3 is 0 Å². The van der Waals surface area contributed by atoms with Crippen molar-refractivity contribution < 1.29 is 0 Å². The van der Waals surface area contributed by atoms with Crippen LogP contribution in [-0.2, 0) is 0 Å². The molecular weight excluding hydrogens is 308 g/mol. The molecule has 0 aliphatic rings. The average Bonchev–Trinajstić information content (AvgIpc) is 2.57. The fourth-order valence-corrected chi connectivity index (χ4v) is 4.23. The van der Waals surface area contributed by atoms with Crippen LogP contribution in [0.4, 0.5) is 0 Å². The summed E-state index contributed by atoms with van der Waals surface area (Å²) in [5.41, 5.74) is 0.976. The second-order valence-corrected chi connectivity index (χ2v) is 6.42. The summed E-state index contributed by atoms with van der Waals surface area (Å²) >= 11 is 3.05. The summed E-state index contributed by atoms with van der Waals surface area (Å²) in [7, 11) is 0. The molecule has 0 fully saturated rings. The van der Waals surface area contributed by atoms with Crippen LogP contribution in [0.3, 0.4) is 0 Å². The molecule has 3 aromatic rings. The Morgan fingerprint density at radius 2 is 1.18 bits per heavy atom. The lowest BCUT2D eigenvalue weighted by molar-refractivity contribution is 1.31.